The third kappa shape index (κ3) is 2.89. The van der Waals surface area contributed by atoms with Crippen molar-refractivity contribution >= 4 is 11.7 Å². The SMILES string of the molecule is CCCC(=O)N1CCCC1C(=O)c1ccc(F)c(C)c1. The molecule has 0 saturated carbocycles. The second kappa shape index (κ2) is 6.16. The maximum absolute atomic E-state index is 13.3. The number of hydrogen-bond acceptors (Lipinski definition) is 2. The molecule has 1 heterocycles. The molecule has 0 spiro atoms. The molecule has 1 unspecified atom stereocenters. The summed E-state index contributed by atoms with van der Waals surface area (Å²) in [7, 11) is 0. The first-order chi connectivity index (χ1) is 9.54. The number of halogens is 1. The number of carbonyl (C=O) groups is 2. The lowest BCUT2D eigenvalue weighted by Crippen LogP contribution is -2.40. The molecule has 1 fully saturated rings. The normalized spacial score (nSPS) is 18.4. The van der Waals surface area contributed by atoms with Crippen molar-refractivity contribution in [3.63, 3.8) is 0 Å². The van der Waals surface area contributed by atoms with Crippen molar-refractivity contribution in [3.8, 4) is 0 Å². The molecule has 2 rings (SSSR count). The molecular weight excluding hydrogens is 257 g/mol. The first-order valence-corrected chi connectivity index (χ1v) is 7.14. The van der Waals surface area contributed by atoms with E-state index < -0.39 is 0 Å². The van der Waals surface area contributed by atoms with Gasteiger partial charge in [-0.05, 0) is 49.9 Å². The number of amides is 1. The molecule has 0 bridgehead atoms. The van der Waals surface area contributed by atoms with Gasteiger partial charge in [0.05, 0.1) is 6.04 Å². The number of Topliss-reactive ketones (excluding diaryl/α,β-unsaturated/α-hetero) is 1. The van der Waals surface area contributed by atoms with Gasteiger partial charge < -0.3 is 4.90 Å². The minimum atomic E-state index is -0.376. The molecule has 0 aliphatic carbocycles. The van der Waals surface area contributed by atoms with Crippen molar-refractivity contribution in [2.24, 2.45) is 0 Å². The molecule has 0 aromatic heterocycles. The van der Waals surface area contributed by atoms with Crippen LogP contribution in [0.4, 0.5) is 4.39 Å². The van der Waals surface area contributed by atoms with Gasteiger partial charge in [0.1, 0.15) is 5.82 Å². The van der Waals surface area contributed by atoms with Gasteiger partial charge in [-0.2, -0.15) is 0 Å². The summed E-state index contributed by atoms with van der Waals surface area (Å²) in [5.41, 5.74) is 0.949. The quantitative estimate of drug-likeness (QED) is 0.793. The summed E-state index contributed by atoms with van der Waals surface area (Å²) in [6.07, 6.45) is 2.81. The van der Waals surface area contributed by atoms with Crippen molar-refractivity contribution in [3.05, 3.63) is 35.1 Å². The Morgan fingerprint density at radius 2 is 2.15 bits per heavy atom. The highest BCUT2D eigenvalue weighted by Crippen LogP contribution is 2.23. The zero-order valence-electron chi connectivity index (χ0n) is 12.0. The van der Waals surface area contributed by atoms with Crippen LogP contribution in [0, 0.1) is 12.7 Å². The number of carbonyl (C=O) groups excluding carboxylic acids is 2. The van der Waals surface area contributed by atoms with E-state index in [9.17, 15) is 14.0 Å². The van der Waals surface area contributed by atoms with Gasteiger partial charge in [-0.1, -0.05) is 6.92 Å². The van der Waals surface area contributed by atoms with E-state index in [1.54, 1.807) is 17.9 Å². The average Bonchev–Trinajstić information content (AvgIpc) is 2.90. The van der Waals surface area contributed by atoms with E-state index in [-0.39, 0.29) is 23.5 Å². The largest absolute Gasteiger partial charge is 0.332 e. The summed E-state index contributed by atoms with van der Waals surface area (Å²) in [6, 6.07) is 4.01. The summed E-state index contributed by atoms with van der Waals surface area (Å²) in [4.78, 5) is 26.2. The van der Waals surface area contributed by atoms with Crippen molar-refractivity contribution < 1.29 is 14.0 Å². The van der Waals surface area contributed by atoms with E-state index in [0.29, 0.717) is 30.5 Å². The predicted molar refractivity (Wildman–Crippen MR) is 75.1 cm³/mol. The fraction of sp³-hybridized carbons (Fsp3) is 0.500. The standard InChI is InChI=1S/C16H20FNO2/c1-3-5-15(19)18-9-4-6-14(18)16(20)12-7-8-13(17)11(2)10-12/h7-8,10,14H,3-6,9H2,1-2H3. The first kappa shape index (κ1) is 14.7. The minimum Gasteiger partial charge on any atom is -0.332 e. The number of nitrogens with zero attached hydrogens (tertiary/aromatic N) is 1. The molecule has 1 amide bonds. The van der Waals surface area contributed by atoms with Gasteiger partial charge in [-0.25, -0.2) is 4.39 Å². The fourth-order valence-electron chi connectivity index (χ4n) is 2.69. The van der Waals surface area contributed by atoms with Crippen LogP contribution in [0.2, 0.25) is 0 Å². The van der Waals surface area contributed by atoms with Gasteiger partial charge in [-0.15, -0.1) is 0 Å². The number of rotatable bonds is 4. The zero-order chi connectivity index (χ0) is 14.7. The average molecular weight is 277 g/mol. The summed E-state index contributed by atoms with van der Waals surface area (Å²) in [5.74, 6) is -0.343. The van der Waals surface area contributed by atoms with Crippen LogP contribution in [0.15, 0.2) is 18.2 Å². The Morgan fingerprint density at radius 3 is 2.80 bits per heavy atom. The second-order valence-electron chi connectivity index (χ2n) is 5.32. The van der Waals surface area contributed by atoms with Crippen LogP contribution >= 0.6 is 0 Å². The molecule has 1 saturated heterocycles. The van der Waals surface area contributed by atoms with Gasteiger partial charge in [0.2, 0.25) is 5.91 Å². The van der Waals surface area contributed by atoms with Gasteiger partial charge in [0, 0.05) is 18.5 Å². The van der Waals surface area contributed by atoms with Crippen LogP contribution in [0.25, 0.3) is 0 Å². The maximum atomic E-state index is 13.3. The van der Waals surface area contributed by atoms with Gasteiger partial charge in [0.25, 0.3) is 0 Å². The fourth-order valence-corrected chi connectivity index (χ4v) is 2.69. The van der Waals surface area contributed by atoms with Gasteiger partial charge in [-0.3, -0.25) is 9.59 Å². The van der Waals surface area contributed by atoms with Gasteiger partial charge >= 0.3 is 0 Å². The monoisotopic (exact) mass is 277 g/mol. The van der Waals surface area contributed by atoms with E-state index in [0.717, 1.165) is 12.8 Å². The van der Waals surface area contributed by atoms with E-state index in [2.05, 4.69) is 0 Å². The first-order valence-electron chi connectivity index (χ1n) is 7.14. The summed E-state index contributed by atoms with van der Waals surface area (Å²) >= 11 is 0. The summed E-state index contributed by atoms with van der Waals surface area (Å²) < 4.78 is 13.3. The highest BCUT2D eigenvalue weighted by molar-refractivity contribution is 6.02. The van der Waals surface area contributed by atoms with Crippen LogP contribution in [0.1, 0.15) is 48.5 Å². The highest BCUT2D eigenvalue weighted by Gasteiger charge is 2.33. The molecule has 1 aromatic carbocycles. The smallest absolute Gasteiger partial charge is 0.223 e. The Hall–Kier alpha value is -1.71. The summed E-state index contributed by atoms with van der Waals surface area (Å²) in [5, 5.41) is 0. The molecule has 1 atom stereocenters. The Morgan fingerprint density at radius 1 is 1.40 bits per heavy atom. The molecule has 1 aliphatic heterocycles. The Labute approximate surface area is 118 Å². The Balaban J connectivity index is 2.18. The molecule has 3 nitrogen and oxygen atoms in total. The molecule has 108 valence electrons. The molecule has 0 N–H and O–H groups in total. The second-order valence-corrected chi connectivity index (χ2v) is 5.32. The van der Waals surface area contributed by atoms with Gasteiger partial charge in [0.15, 0.2) is 5.78 Å². The molecule has 1 aliphatic rings. The van der Waals surface area contributed by atoms with Crippen LogP contribution in [0.3, 0.4) is 0 Å². The van der Waals surface area contributed by atoms with E-state index in [1.807, 2.05) is 6.92 Å². The predicted octanol–water partition coefficient (Wildman–Crippen LogP) is 3.11. The molecule has 1 aromatic rings. The lowest BCUT2D eigenvalue weighted by atomic mass is 10.00. The highest BCUT2D eigenvalue weighted by atomic mass is 19.1. The van der Waals surface area contributed by atoms with E-state index in [4.69, 9.17) is 0 Å². The summed E-state index contributed by atoms with van der Waals surface area (Å²) in [6.45, 7) is 4.24. The van der Waals surface area contributed by atoms with Crippen molar-refractivity contribution in [1.82, 2.24) is 4.90 Å². The molecule has 4 heteroatoms. The van der Waals surface area contributed by atoms with Crippen molar-refractivity contribution in [2.45, 2.75) is 45.6 Å². The van der Waals surface area contributed by atoms with E-state index in [1.165, 1.54) is 12.1 Å². The molecule has 20 heavy (non-hydrogen) atoms. The van der Waals surface area contributed by atoms with Crippen LogP contribution in [-0.4, -0.2) is 29.2 Å². The zero-order valence-corrected chi connectivity index (χ0v) is 12.0. The van der Waals surface area contributed by atoms with Crippen LogP contribution in [0.5, 0.6) is 0 Å². The number of benzene rings is 1. The third-order valence-corrected chi connectivity index (χ3v) is 3.78. The molecular formula is C16H20FNO2. The number of aryl methyl sites for hydroxylation is 1. The number of likely N-dealkylation sites (tertiary alicyclic amines) is 1. The maximum Gasteiger partial charge on any atom is 0.223 e. The topological polar surface area (TPSA) is 37.4 Å². The molecule has 0 radical (unpaired) electrons. The van der Waals surface area contributed by atoms with Crippen LogP contribution in [-0.2, 0) is 4.79 Å². The van der Waals surface area contributed by atoms with Crippen LogP contribution < -0.4 is 0 Å². The van der Waals surface area contributed by atoms with Crippen molar-refractivity contribution in [1.29, 1.82) is 0 Å². The van der Waals surface area contributed by atoms with Crippen molar-refractivity contribution in [2.75, 3.05) is 6.54 Å². The lowest BCUT2D eigenvalue weighted by Gasteiger charge is -2.23. The van der Waals surface area contributed by atoms with E-state index >= 15 is 0 Å². The Kier molecular flexibility index (Phi) is 4.53. The third-order valence-electron chi connectivity index (χ3n) is 3.78. The Bertz CT molecular complexity index is 527. The number of ketones is 1. The number of hydrogen-bond donors (Lipinski definition) is 0. The lowest BCUT2D eigenvalue weighted by molar-refractivity contribution is -0.131. The minimum absolute atomic E-state index is 0.0437.